The molecule has 0 saturated heterocycles. The number of hydrogen-bond donors (Lipinski definition) is 2. The highest BCUT2D eigenvalue weighted by molar-refractivity contribution is 5.95. The number of hydrogen-bond acceptors (Lipinski definition) is 6. The number of aryl methyl sites for hydroxylation is 1. The Morgan fingerprint density at radius 1 is 1.13 bits per heavy atom. The number of carbonyl (C=O) groups is 1. The monoisotopic (exact) mass is 418 g/mol. The van der Waals surface area contributed by atoms with Crippen molar-refractivity contribution >= 4 is 17.3 Å². The van der Waals surface area contributed by atoms with Gasteiger partial charge in [0.25, 0.3) is 11.6 Å². The fraction of sp³-hybridized carbons (Fsp3) is 0.381. The molecule has 1 amide bonds. The van der Waals surface area contributed by atoms with Crippen LogP contribution < -0.4 is 24.4 Å². The van der Waals surface area contributed by atoms with E-state index in [9.17, 15) is 14.9 Å². The highest BCUT2D eigenvalue weighted by atomic mass is 16.6. The summed E-state index contributed by atoms with van der Waals surface area (Å²) in [6.07, 6.45) is 0. The van der Waals surface area contributed by atoms with E-state index in [1.165, 1.54) is 19.2 Å². The molecular formula is C21H28N3O6+. The number of anilines is 1. The van der Waals surface area contributed by atoms with Crippen LogP contribution in [-0.2, 0) is 11.3 Å². The summed E-state index contributed by atoms with van der Waals surface area (Å²) in [6.45, 7) is 4.30. The molecule has 0 fully saturated rings. The van der Waals surface area contributed by atoms with Crippen LogP contribution in [0.3, 0.4) is 0 Å². The van der Waals surface area contributed by atoms with Crippen molar-refractivity contribution in [1.82, 2.24) is 0 Å². The third-order valence-corrected chi connectivity index (χ3v) is 5.10. The van der Waals surface area contributed by atoms with Crippen molar-refractivity contribution in [2.45, 2.75) is 26.4 Å². The lowest BCUT2D eigenvalue weighted by atomic mass is 10.1. The second-order valence-corrected chi connectivity index (χ2v) is 7.01. The minimum absolute atomic E-state index is 0.132. The molecule has 162 valence electrons. The summed E-state index contributed by atoms with van der Waals surface area (Å²) in [5, 5.41) is 14.0. The number of nitrogens with zero attached hydrogens (tertiary/aromatic N) is 1. The first-order valence-corrected chi connectivity index (χ1v) is 9.38. The summed E-state index contributed by atoms with van der Waals surface area (Å²) >= 11 is 0. The predicted octanol–water partition coefficient (Wildman–Crippen LogP) is 1.97. The lowest BCUT2D eigenvalue weighted by Gasteiger charge is -2.22. The van der Waals surface area contributed by atoms with Gasteiger partial charge in [-0.25, -0.2) is 0 Å². The van der Waals surface area contributed by atoms with Crippen molar-refractivity contribution in [2.24, 2.45) is 0 Å². The van der Waals surface area contributed by atoms with Gasteiger partial charge in [0.05, 0.1) is 39.4 Å². The minimum atomic E-state index is -0.549. The van der Waals surface area contributed by atoms with Gasteiger partial charge in [0.1, 0.15) is 18.0 Å². The zero-order chi connectivity index (χ0) is 22.4. The molecule has 0 saturated carbocycles. The number of nitrogens with one attached hydrogen (secondary N) is 2. The standard InChI is InChI=1S/C21H27N3O6/c1-13-9-19(29-5)20(30-6)10-15(13)12-23(3)14(2)21(25)22-17-8-7-16(28-4)11-18(17)24(26)27/h7-11,14H,12H2,1-6H3,(H,22,25)/p+1/t14-/m1/s1. The molecule has 0 aromatic heterocycles. The number of carbonyl (C=O) groups excluding carboxylic acids is 1. The van der Waals surface area contributed by atoms with Gasteiger partial charge in [0.2, 0.25) is 0 Å². The number of amides is 1. The molecule has 30 heavy (non-hydrogen) atoms. The Morgan fingerprint density at radius 3 is 2.33 bits per heavy atom. The average Bonchev–Trinajstić information content (AvgIpc) is 2.74. The summed E-state index contributed by atoms with van der Waals surface area (Å²) in [5.74, 6) is 1.30. The minimum Gasteiger partial charge on any atom is -0.496 e. The van der Waals surface area contributed by atoms with Gasteiger partial charge in [-0.15, -0.1) is 0 Å². The first kappa shape index (κ1) is 23.0. The van der Waals surface area contributed by atoms with E-state index < -0.39 is 11.0 Å². The largest absolute Gasteiger partial charge is 0.496 e. The third kappa shape index (κ3) is 5.18. The van der Waals surface area contributed by atoms with E-state index in [0.717, 1.165) is 16.0 Å². The molecule has 1 unspecified atom stereocenters. The van der Waals surface area contributed by atoms with Gasteiger partial charge < -0.3 is 24.4 Å². The molecule has 0 bridgehead atoms. The molecule has 0 heterocycles. The second-order valence-electron chi connectivity index (χ2n) is 7.01. The normalized spacial score (nSPS) is 12.6. The molecule has 2 aromatic carbocycles. The van der Waals surface area contributed by atoms with Crippen molar-refractivity contribution in [2.75, 3.05) is 33.7 Å². The van der Waals surface area contributed by atoms with Crippen molar-refractivity contribution < 1.29 is 28.8 Å². The number of rotatable bonds is 9. The molecule has 9 nitrogen and oxygen atoms in total. The van der Waals surface area contributed by atoms with Gasteiger partial charge in [-0.3, -0.25) is 14.9 Å². The maximum Gasteiger partial charge on any atom is 0.296 e. The van der Waals surface area contributed by atoms with Gasteiger partial charge in [0, 0.05) is 5.56 Å². The predicted molar refractivity (Wildman–Crippen MR) is 113 cm³/mol. The number of quaternary nitrogens is 1. The van der Waals surface area contributed by atoms with E-state index in [1.807, 2.05) is 26.1 Å². The van der Waals surface area contributed by atoms with Gasteiger partial charge in [-0.05, 0) is 43.7 Å². The smallest absolute Gasteiger partial charge is 0.296 e. The van der Waals surface area contributed by atoms with E-state index >= 15 is 0 Å². The topological polar surface area (TPSA) is 104 Å². The van der Waals surface area contributed by atoms with Crippen LogP contribution in [0.15, 0.2) is 30.3 Å². The van der Waals surface area contributed by atoms with Crippen molar-refractivity contribution in [1.29, 1.82) is 0 Å². The van der Waals surface area contributed by atoms with Crippen LogP contribution in [0.25, 0.3) is 0 Å². The number of likely N-dealkylation sites (N-methyl/N-ethyl adjacent to an activating group) is 1. The van der Waals surface area contributed by atoms with E-state index in [1.54, 1.807) is 27.2 Å². The van der Waals surface area contributed by atoms with Crippen LogP contribution in [0.5, 0.6) is 17.2 Å². The first-order valence-electron chi connectivity index (χ1n) is 9.38. The van der Waals surface area contributed by atoms with Crippen LogP contribution in [0.2, 0.25) is 0 Å². The molecule has 0 aliphatic carbocycles. The molecule has 0 spiro atoms. The lowest BCUT2D eigenvalue weighted by molar-refractivity contribution is -0.907. The van der Waals surface area contributed by atoms with Crippen LogP contribution >= 0.6 is 0 Å². The third-order valence-electron chi connectivity index (χ3n) is 5.10. The fourth-order valence-electron chi connectivity index (χ4n) is 3.03. The molecule has 2 rings (SSSR count). The molecule has 2 aromatic rings. The highest BCUT2D eigenvalue weighted by Crippen LogP contribution is 2.30. The van der Waals surface area contributed by atoms with E-state index in [4.69, 9.17) is 14.2 Å². The van der Waals surface area contributed by atoms with Gasteiger partial charge in [-0.2, -0.15) is 0 Å². The Morgan fingerprint density at radius 2 is 1.77 bits per heavy atom. The highest BCUT2D eigenvalue weighted by Gasteiger charge is 2.26. The van der Waals surface area contributed by atoms with Gasteiger partial charge in [0.15, 0.2) is 17.5 Å². The fourth-order valence-corrected chi connectivity index (χ4v) is 3.03. The van der Waals surface area contributed by atoms with Crippen molar-refractivity contribution in [3.05, 3.63) is 51.6 Å². The quantitative estimate of drug-likeness (QED) is 0.477. The molecule has 2 N–H and O–H groups in total. The molecule has 0 radical (unpaired) electrons. The Hall–Kier alpha value is -3.33. The Kier molecular flexibility index (Phi) is 7.60. The summed E-state index contributed by atoms with van der Waals surface area (Å²) in [6, 6.07) is 7.65. The number of methoxy groups -OCH3 is 3. The van der Waals surface area contributed by atoms with E-state index in [2.05, 4.69) is 5.32 Å². The van der Waals surface area contributed by atoms with Crippen molar-refractivity contribution in [3.8, 4) is 17.2 Å². The van der Waals surface area contributed by atoms with E-state index in [0.29, 0.717) is 23.8 Å². The SMILES string of the molecule is COc1ccc(NC(=O)[C@@H](C)[NH+](C)Cc2cc(OC)c(OC)cc2C)c([N+](=O)[O-])c1. The molecule has 0 aliphatic heterocycles. The summed E-state index contributed by atoms with van der Waals surface area (Å²) < 4.78 is 15.7. The maximum atomic E-state index is 12.8. The van der Waals surface area contributed by atoms with Gasteiger partial charge >= 0.3 is 0 Å². The summed E-state index contributed by atoms with van der Waals surface area (Å²) in [4.78, 5) is 24.5. The molecule has 0 aliphatic rings. The maximum absolute atomic E-state index is 12.8. The van der Waals surface area contributed by atoms with Crippen molar-refractivity contribution in [3.63, 3.8) is 0 Å². The second kappa shape index (κ2) is 9.93. The van der Waals surface area contributed by atoms with Gasteiger partial charge in [-0.1, -0.05) is 0 Å². The number of nitro benzene ring substituents is 1. The number of benzene rings is 2. The van der Waals surface area contributed by atoms with Crippen LogP contribution in [0.4, 0.5) is 11.4 Å². The Labute approximate surface area is 175 Å². The molecule has 2 atom stereocenters. The van der Waals surface area contributed by atoms with E-state index in [-0.39, 0.29) is 17.3 Å². The average molecular weight is 418 g/mol. The summed E-state index contributed by atoms with van der Waals surface area (Å²) in [7, 11) is 6.47. The van der Waals surface area contributed by atoms with Crippen LogP contribution in [0.1, 0.15) is 18.1 Å². The zero-order valence-corrected chi connectivity index (χ0v) is 18.1. The first-order chi connectivity index (χ1) is 14.2. The zero-order valence-electron chi connectivity index (χ0n) is 18.1. The van der Waals surface area contributed by atoms with Crippen LogP contribution in [0, 0.1) is 17.0 Å². The van der Waals surface area contributed by atoms with Crippen LogP contribution in [-0.4, -0.2) is 45.2 Å². The summed E-state index contributed by atoms with van der Waals surface area (Å²) in [5.41, 5.74) is 1.95. The number of nitro groups is 1. The Bertz CT molecular complexity index is 931. The molecular weight excluding hydrogens is 390 g/mol. The molecule has 9 heteroatoms. The Balaban J connectivity index is 2.16. The number of ether oxygens (including phenoxy) is 3. The lowest BCUT2D eigenvalue weighted by Crippen LogP contribution is -3.12.